The Morgan fingerprint density at radius 2 is 2.05 bits per heavy atom. The minimum atomic E-state index is 0. The number of aryl methyl sites for hydroxylation is 3. The molecule has 0 fully saturated rings. The molecular weight excluding hydrogens is 385 g/mol. The van der Waals surface area contributed by atoms with Crippen molar-refractivity contribution >= 4 is 41.7 Å². The summed E-state index contributed by atoms with van der Waals surface area (Å²) < 4.78 is 2.06. The number of hydrogen-bond donors (Lipinski definition) is 2. The van der Waals surface area contributed by atoms with Gasteiger partial charge in [-0.25, -0.2) is 0 Å². The maximum absolute atomic E-state index is 4.45. The molecule has 0 bridgehead atoms. The first-order chi connectivity index (χ1) is 9.17. The van der Waals surface area contributed by atoms with Crippen molar-refractivity contribution in [3.63, 3.8) is 0 Å². The summed E-state index contributed by atoms with van der Waals surface area (Å²) in [6.07, 6.45) is 3.14. The Kier molecular flexibility index (Phi) is 11.0. The van der Waals surface area contributed by atoms with Crippen LogP contribution in [0.15, 0.2) is 11.1 Å². The van der Waals surface area contributed by atoms with Crippen LogP contribution in [0.2, 0.25) is 0 Å². The third kappa shape index (κ3) is 7.37. The van der Waals surface area contributed by atoms with Crippen LogP contribution in [0, 0.1) is 13.8 Å². The van der Waals surface area contributed by atoms with Gasteiger partial charge in [0.25, 0.3) is 0 Å². The molecule has 1 aromatic heterocycles. The molecule has 5 nitrogen and oxygen atoms in total. The zero-order valence-electron chi connectivity index (χ0n) is 12.8. The van der Waals surface area contributed by atoms with Crippen LogP contribution in [0.25, 0.3) is 0 Å². The molecule has 0 amide bonds. The van der Waals surface area contributed by atoms with Crippen LogP contribution in [0.5, 0.6) is 0 Å². The molecule has 1 heterocycles. The fourth-order valence-corrected chi connectivity index (χ4v) is 2.14. The molecule has 1 aromatic rings. The lowest BCUT2D eigenvalue weighted by atomic mass is 10.4. The van der Waals surface area contributed by atoms with Crippen LogP contribution < -0.4 is 10.6 Å². The van der Waals surface area contributed by atoms with Gasteiger partial charge in [0.05, 0.1) is 5.69 Å². The first-order valence-electron chi connectivity index (χ1n) is 6.62. The second kappa shape index (κ2) is 11.2. The van der Waals surface area contributed by atoms with Crippen molar-refractivity contribution in [1.29, 1.82) is 0 Å². The van der Waals surface area contributed by atoms with E-state index in [0.717, 1.165) is 43.5 Å². The van der Waals surface area contributed by atoms with Crippen molar-refractivity contribution in [1.82, 2.24) is 20.4 Å². The van der Waals surface area contributed by atoms with E-state index in [4.69, 9.17) is 0 Å². The highest BCUT2D eigenvalue weighted by molar-refractivity contribution is 14.0. The topological polar surface area (TPSA) is 54.2 Å². The van der Waals surface area contributed by atoms with E-state index in [1.54, 1.807) is 7.05 Å². The van der Waals surface area contributed by atoms with E-state index in [1.165, 1.54) is 5.69 Å². The second-order valence-corrected chi connectivity index (χ2v) is 5.41. The van der Waals surface area contributed by atoms with Crippen LogP contribution in [-0.2, 0) is 6.54 Å². The van der Waals surface area contributed by atoms with Gasteiger partial charge in [-0.2, -0.15) is 16.9 Å². The molecule has 116 valence electrons. The van der Waals surface area contributed by atoms with Crippen molar-refractivity contribution in [3.8, 4) is 0 Å². The molecule has 0 spiro atoms. The van der Waals surface area contributed by atoms with E-state index < -0.39 is 0 Å². The quantitative estimate of drug-likeness (QED) is 0.312. The van der Waals surface area contributed by atoms with Gasteiger partial charge in [-0.15, -0.1) is 24.0 Å². The predicted octanol–water partition coefficient (Wildman–Crippen LogP) is 2.04. The smallest absolute Gasteiger partial charge is 0.191 e. The highest BCUT2D eigenvalue weighted by Gasteiger charge is 2.01. The second-order valence-electron chi connectivity index (χ2n) is 4.42. The number of nitrogens with zero attached hydrogens (tertiary/aromatic N) is 3. The molecule has 20 heavy (non-hydrogen) atoms. The van der Waals surface area contributed by atoms with Crippen molar-refractivity contribution in [2.45, 2.75) is 26.8 Å². The summed E-state index contributed by atoms with van der Waals surface area (Å²) >= 11 is 1.83. The number of thioether (sulfide) groups is 1. The van der Waals surface area contributed by atoms with Gasteiger partial charge in [0, 0.05) is 38.1 Å². The maximum atomic E-state index is 4.45. The molecule has 1 rings (SSSR count). The first kappa shape index (κ1) is 19.6. The van der Waals surface area contributed by atoms with Gasteiger partial charge in [-0.05, 0) is 32.6 Å². The van der Waals surface area contributed by atoms with E-state index in [2.05, 4.69) is 44.7 Å². The Morgan fingerprint density at radius 1 is 1.35 bits per heavy atom. The average molecular weight is 411 g/mol. The lowest BCUT2D eigenvalue weighted by Crippen LogP contribution is -2.39. The molecule has 0 aliphatic carbocycles. The lowest BCUT2D eigenvalue weighted by molar-refractivity contribution is 0.555. The SMILES string of the molecule is CN=C(NCCCn1nc(C)cc1C)NCCSC.I. The van der Waals surface area contributed by atoms with Crippen LogP contribution in [0.3, 0.4) is 0 Å². The summed E-state index contributed by atoms with van der Waals surface area (Å²) in [4.78, 5) is 4.19. The van der Waals surface area contributed by atoms with Crippen molar-refractivity contribution in [2.75, 3.05) is 32.1 Å². The molecule has 7 heteroatoms. The fourth-order valence-electron chi connectivity index (χ4n) is 1.83. The van der Waals surface area contributed by atoms with Gasteiger partial charge in [0.1, 0.15) is 0 Å². The monoisotopic (exact) mass is 411 g/mol. The van der Waals surface area contributed by atoms with Gasteiger partial charge in [0.2, 0.25) is 0 Å². The fraction of sp³-hybridized carbons (Fsp3) is 0.692. The number of aliphatic imine (C=N–C) groups is 1. The largest absolute Gasteiger partial charge is 0.356 e. The summed E-state index contributed by atoms with van der Waals surface area (Å²) in [7, 11) is 1.80. The summed E-state index contributed by atoms with van der Waals surface area (Å²) in [6, 6.07) is 2.11. The molecule has 0 radical (unpaired) electrons. The third-order valence-electron chi connectivity index (χ3n) is 2.76. The number of nitrogens with one attached hydrogen (secondary N) is 2. The van der Waals surface area contributed by atoms with Crippen LogP contribution >= 0.6 is 35.7 Å². The maximum Gasteiger partial charge on any atom is 0.191 e. The van der Waals surface area contributed by atoms with E-state index in [-0.39, 0.29) is 24.0 Å². The summed E-state index contributed by atoms with van der Waals surface area (Å²) in [5.41, 5.74) is 2.31. The lowest BCUT2D eigenvalue weighted by Gasteiger charge is -2.11. The molecule has 0 atom stereocenters. The van der Waals surface area contributed by atoms with E-state index >= 15 is 0 Å². The number of aromatic nitrogens is 2. The number of guanidine groups is 1. The predicted molar refractivity (Wildman–Crippen MR) is 99.5 cm³/mol. The molecule has 2 N–H and O–H groups in total. The van der Waals surface area contributed by atoms with Crippen molar-refractivity contribution < 1.29 is 0 Å². The van der Waals surface area contributed by atoms with E-state index in [0.29, 0.717) is 0 Å². The van der Waals surface area contributed by atoms with Crippen molar-refractivity contribution in [3.05, 3.63) is 17.5 Å². The minimum absolute atomic E-state index is 0. The highest BCUT2D eigenvalue weighted by Crippen LogP contribution is 2.02. The number of rotatable bonds is 7. The molecule has 0 saturated carbocycles. The Hall–Kier alpha value is -0.440. The standard InChI is InChI=1S/C13H25N5S.HI/c1-11-10-12(2)18(17-11)8-5-6-15-13(14-3)16-7-9-19-4;/h10H,5-9H2,1-4H3,(H2,14,15,16);1H. The Morgan fingerprint density at radius 3 is 2.60 bits per heavy atom. The normalized spacial score (nSPS) is 11.1. The minimum Gasteiger partial charge on any atom is -0.356 e. The van der Waals surface area contributed by atoms with Crippen LogP contribution in [0.1, 0.15) is 17.8 Å². The zero-order chi connectivity index (χ0) is 14.1. The van der Waals surface area contributed by atoms with E-state index in [9.17, 15) is 0 Å². The molecule has 0 saturated heterocycles. The summed E-state index contributed by atoms with van der Waals surface area (Å²) in [5, 5.41) is 11.0. The van der Waals surface area contributed by atoms with Crippen molar-refractivity contribution in [2.24, 2.45) is 4.99 Å². The summed E-state index contributed by atoms with van der Waals surface area (Å²) in [6.45, 7) is 6.90. The highest BCUT2D eigenvalue weighted by atomic mass is 127. The number of halogens is 1. The molecular formula is C13H26IN5S. The van der Waals surface area contributed by atoms with E-state index in [1.807, 2.05) is 18.7 Å². The Bertz CT molecular complexity index is 405. The van der Waals surface area contributed by atoms with Gasteiger partial charge >= 0.3 is 0 Å². The van der Waals surface area contributed by atoms with Gasteiger partial charge < -0.3 is 10.6 Å². The molecule has 0 unspecified atom stereocenters. The van der Waals surface area contributed by atoms with Gasteiger partial charge in [-0.1, -0.05) is 0 Å². The molecule has 0 aromatic carbocycles. The van der Waals surface area contributed by atoms with Gasteiger partial charge in [0.15, 0.2) is 5.96 Å². The molecule has 0 aliphatic heterocycles. The molecule has 0 aliphatic rings. The Balaban J connectivity index is 0.00000361. The first-order valence-corrected chi connectivity index (χ1v) is 8.01. The average Bonchev–Trinajstić information content (AvgIpc) is 2.71. The number of hydrogen-bond acceptors (Lipinski definition) is 3. The van der Waals surface area contributed by atoms with Gasteiger partial charge in [-0.3, -0.25) is 9.67 Å². The van der Waals surface area contributed by atoms with Crippen LogP contribution in [0.4, 0.5) is 0 Å². The third-order valence-corrected chi connectivity index (χ3v) is 3.38. The Labute approximate surface area is 143 Å². The zero-order valence-corrected chi connectivity index (χ0v) is 15.9. The van der Waals surface area contributed by atoms with Crippen LogP contribution in [-0.4, -0.2) is 47.9 Å². The summed E-state index contributed by atoms with van der Waals surface area (Å²) in [5.74, 6) is 1.97.